The van der Waals surface area contributed by atoms with E-state index in [-0.39, 0.29) is 10.6 Å². The Balaban J connectivity index is 2.30. The number of ether oxygens (including phenoxy) is 1. The molecule has 0 unspecified atom stereocenters. The van der Waals surface area contributed by atoms with Crippen molar-refractivity contribution in [1.82, 2.24) is 0 Å². The third-order valence-corrected chi connectivity index (χ3v) is 4.17. The third-order valence-electron chi connectivity index (χ3n) is 2.67. The highest BCUT2D eigenvalue weighted by Gasteiger charge is 2.17. The fourth-order valence-electron chi connectivity index (χ4n) is 1.67. The molecule has 0 spiro atoms. The van der Waals surface area contributed by atoms with Crippen molar-refractivity contribution < 1.29 is 17.3 Å². The van der Waals surface area contributed by atoms with Crippen molar-refractivity contribution in [2.45, 2.75) is 11.8 Å². The van der Waals surface area contributed by atoms with Crippen LogP contribution in [0, 0.1) is 6.92 Å². The van der Waals surface area contributed by atoms with Gasteiger partial charge in [-0.15, -0.1) is 0 Å². The van der Waals surface area contributed by atoms with Crippen molar-refractivity contribution in [2.75, 3.05) is 7.11 Å². The van der Waals surface area contributed by atoms with Gasteiger partial charge in [0.25, 0.3) is 0 Å². The molecule has 0 amide bonds. The van der Waals surface area contributed by atoms with Crippen LogP contribution < -0.4 is 8.92 Å². The van der Waals surface area contributed by atoms with E-state index in [1.807, 2.05) is 0 Å². The van der Waals surface area contributed by atoms with Gasteiger partial charge in [0.05, 0.1) is 7.11 Å². The summed E-state index contributed by atoms with van der Waals surface area (Å²) in [5.74, 6) is 0.832. The summed E-state index contributed by atoms with van der Waals surface area (Å²) in [6.07, 6.45) is 0. The standard InChI is InChI=1S/C14H13ClO4S/c1-10-9-13(7-8-14(10)18-2)20(16,17)19-12-5-3-11(15)4-6-12/h3-9H,1-2H3. The van der Waals surface area contributed by atoms with Crippen LogP contribution >= 0.6 is 11.6 Å². The maximum Gasteiger partial charge on any atom is 0.339 e. The van der Waals surface area contributed by atoms with E-state index in [1.165, 1.54) is 31.4 Å². The summed E-state index contributed by atoms with van der Waals surface area (Å²) in [4.78, 5) is 0.0748. The van der Waals surface area contributed by atoms with E-state index in [4.69, 9.17) is 20.5 Å². The van der Waals surface area contributed by atoms with E-state index in [0.29, 0.717) is 16.3 Å². The molecule has 0 saturated carbocycles. The predicted molar refractivity (Wildman–Crippen MR) is 77.0 cm³/mol. The zero-order valence-electron chi connectivity index (χ0n) is 11.0. The first-order valence-corrected chi connectivity index (χ1v) is 7.56. The van der Waals surface area contributed by atoms with Crippen LogP contribution in [0.2, 0.25) is 5.02 Å². The molecule has 0 bridgehead atoms. The van der Waals surface area contributed by atoms with Gasteiger partial charge in [0, 0.05) is 5.02 Å². The second-order valence-corrected chi connectivity index (χ2v) is 6.11. The Morgan fingerprint density at radius 1 is 1.05 bits per heavy atom. The Morgan fingerprint density at radius 3 is 2.25 bits per heavy atom. The number of rotatable bonds is 4. The van der Waals surface area contributed by atoms with Crippen LogP contribution in [0.4, 0.5) is 0 Å². The lowest BCUT2D eigenvalue weighted by atomic mass is 10.2. The molecule has 4 nitrogen and oxygen atoms in total. The first-order valence-electron chi connectivity index (χ1n) is 5.77. The van der Waals surface area contributed by atoms with Crippen molar-refractivity contribution in [3.05, 3.63) is 53.1 Å². The normalized spacial score (nSPS) is 11.2. The minimum atomic E-state index is -3.87. The van der Waals surface area contributed by atoms with E-state index in [2.05, 4.69) is 0 Å². The van der Waals surface area contributed by atoms with Crippen molar-refractivity contribution in [2.24, 2.45) is 0 Å². The van der Waals surface area contributed by atoms with Crippen LogP contribution in [0.3, 0.4) is 0 Å². The maximum atomic E-state index is 12.1. The molecule has 0 aliphatic heterocycles. The molecular weight excluding hydrogens is 300 g/mol. The largest absolute Gasteiger partial charge is 0.496 e. The second kappa shape index (κ2) is 5.73. The van der Waals surface area contributed by atoms with E-state index in [9.17, 15) is 8.42 Å². The molecule has 2 rings (SSSR count). The van der Waals surface area contributed by atoms with E-state index in [1.54, 1.807) is 25.1 Å². The summed E-state index contributed by atoms with van der Waals surface area (Å²) < 4.78 is 34.4. The van der Waals surface area contributed by atoms with E-state index < -0.39 is 10.1 Å². The van der Waals surface area contributed by atoms with Gasteiger partial charge in [-0.05, 0) is 55.0 Å². The topological polar surface area (TPSA) is 52.6 Å². The van der Waals surface area contributed by atoms with Gasteiger partial charge in [-0.3, -0.25) is 0 Å². The SMILES string of the molecule is COc1ccc(S(=O)(=O)Oc2ccc(Cl)cc2)cc1C. The third kappa shape index (κ3) is 3.23. The predicted octanol–water partition coefficient (Wildman–Crippen LogP) is 3.42. The molecule has 106 valence electrons. The number of benzene rings is 2. The number of halogens is 1. The van der Waals surface area contributed by atoms with Crippen LogP contribution in [0.25, 0.3) is 0 Å². The molecule has 2 aromatic carbocycles. The van der Waals surface area contributed by atoms with Crippen LogP contribution in [0.5, 0.6) is 11.5 Å². The molecule has 0 fully saturated rings. The summed E-state index contributed by atoms with van der Waals surface area (Å²) in [6, 6.07) is 10.7. The summed E-state index contributed by atoms with van der Waals surface area (Å²) in [6.45, 7) is 1.76. The summed E-state index contributed by atoms with van der Waals surface area (Å²) >= 11 is 5.74. The van der Waals surface area contributed by atoms with Gasteiger partial charge >= 0.3 is 10.1 Å². The molecule has 0 heterocycles. The van der Waals surface area contributed by atoms with E-state index >= 15 is 0 Å². The van der Waals surface area contributed by atoms with Crippen molar-refractivity contribution in [3.8, 4) is 11.5 Å². The van der Waals surface area contributed by atoms with Crippen molar-refractivity contribution >= 4 is 21.7 Å². The summed E-state index contributed by atoms with van der Waals surface area (Å²) in [5.41, 5.74) is 0.716. The van der Waals surface area contributed by atoms with E-state index in [0.717, 1.165) is 0 Å². The lowest BCUT2D eigenvalue weighted by Crippen LogP contribution is -2.10. The molecule has 0 N–H and O–H groups in total. The van der Waals surface area contributed by atoms with Crippen LogP contribution in [0.1, 0.15) is 5.56 Å². The van der Waals surface area contributed by atoms with Gasteiger partial charge in [0.2, 0.25) is 0 Å². The van der Waals surface area contributed by atoms with Crippen LogP contribution in [-0.2, 0) is 10.1 Å². The lowest BCUT2D eigenvalue weighted by molar-refractivity contribution is 0.411. The molecule has 0 saturated heterocycles. The maximum absolute atomic E-state index is 12.1. The number of aryl methyl sites for hydroxylation is 1. The van der Waals surface area contributed by atoms with Gasteiger partial charge in [-0.1, -0.05) is 11.6 Å². The zero-order valence-corrected chi connectivity index (χ0v) is 12.5. The van der Waals surface area contributed by atoms with Crippen LogP contribution in [0.15, 0.2) is 47.4 Å². The Morgan fingerprint density at radius 2 is 1.70 bits per heavy atom. The first-order chi connectivity index (χ1) is 9.42. The average molecular weight is 313 g/mol. The Labute approximate surface area is 123 Å². The monoisotopic (exact) mass is 312 g/mol. The molecule has 2 aromatic rings. The molecular formula is C14H13ClO4S. The van der Waals surface area contributed by atoms with Gasteiger partial charge in [0.15, 0.2) is 0 Å². The van der Waals surface area contributed by atoms with Gasteiger partial charge < -0.3 is 8.92 Å². The Hall–Kier alpha value is -1.72. The highest BCUT2D eigenvalue weighted by Crippen LogP contribution is 2.24. The molecule has 0 aliphatic carbocycles. The molecule has 20 heavy (non-hydrogen) atoms. The molecule has 0 radical (unpaired) electrons. The number of hydrogen-bond acceptors (Lipinski definition) is 4. The highest BCUT2D eigenvalue weighted by molar-refractivity contribution is 7.87. The molecule has 0 aromatic heterocycles. The van der Waals surface area contributed by atoms with Crippen LogP contribution in [-0.4, -0.2) is 15.5 Å². The summed E-state index contributed by atoms with van der Waals surface area (Å²) in [5, 5.41) is 0.509. The first kappa shape index (κ1) is 14.7. The van der Waals surface area contributed by atoms with Gasteiger partial charge in [-0.2, -0.15) is 8.42 Å². The highest BCUT2D eigenvalue weighted by atomic mass is 35.5. The minimum absolute atomic E-state index is 0.0748. The molecule has 0 atom stereocenters. The average Bonchev–Trinajstić information content (AvgIpc) is 2.41. The second-order valence-electron chi connectivity index (χ2n) is 4.12. The van der Waals surface area contributed by atoms with Gasteiger partial charge in [0.1, 0.15) is 16.4 Å². The minimum Gasteiger partial charge on any atom is -0.496 e. The number of hydrogen-bond donors (Lipinski definition) is 0. The molecule has 0 aliphatic rings. The fourth-order valence-corrected chi connectivity index (χ4v) is 2.81. The van der Waals surface area contributed by atoms with Crippen molar-refractivity contribution in [3.63, 3.8) is 0 Å². The van der Waals surface area contributed by atoms with Crippen molar-refractivity contribution in [1.29, 1.82) is 0 Å². The van der Waals surface area contributed by atoms with Gasteiger partial charge in [-0.25, -0.2) is 0 Å². The molecule has 6 heteroatoms. The zero-order chi connectivity index (χ0) is 14.8. The number of methoxy groups -OCH3 is 1. The summed E-state index contributed by atoms with van der Waals surface area (Å²) in [7, 11) is -2.34. The fraction of sp³-hybridized carbons (Fsp3) is 0.143. The smallest absolute Gasteiger partial charge is 0.339 e. The Kier molecular flexibility index (Phi) is 4.20. The quantitative estimate of drug-likeness (QED) is 0.812. The Bertz CT molecular complexity index is 708. The lowest BCUT2D eigenvalue weighted by Gasteiger charge is -2.09.